The average molecular weight is 403 g/mol. The number of rotatable bonds is 5. The molecule has 7 nitrogen and oxygen atoms in total. The van der Waals surface area contributed by atoms with Crippen LogP contribution in [0.15, 0.2) is 54.7 Å². The molecule has 0 saturated heterocycles. The second-order valence-corrected chi connectivity index (χ2v) is 6.20. The molecule has 0 aliphatic carbocycles. The van der Waals surface area contributed by atoms with E-state index in [1.807, 2.05) is 19.1 Å². The Kier molecular flexibility index (Phi) is 5.35. The average Bonchev–Trinajstić information content (AvgIpc) is 2.67. The first-order valence-electron chi connectivity index (χ1n) is 8.42. The predicted molar refractivity (Wildman–Crippen MR) is 103 cm³/mol. The highest BCUT2D eigenvalue weighted by Crippen LogP contribution is 2.36. The number of nitro benzene ring substituents is 1. The van der Waals surface area contributed by atoms with Gasteiger partial charge in [0.1, 0.15) is 11.4 Å². The summed E-state index contributed by atoms with van der Waals surface area (Å²) < 4.78 is 40.3. The third-order valence-corrected chi connectivity index (χ3v) is 4.20. The standard InChI is InChI=1S/C19H16F3N5O2/c1-12-5-3-4-6-16(12)26(2)18-23-11-15(19(20,21)22)17(25-18)24-13-7-9-14(10-8-13)27(28)29/h3-11H,1-2H3,(H,23,24,25). The van der Waals surface area contributed by atoms with E-state index in [-0.39, 0.29) is 17.3 Å². The molecule has 0 aliphatic rings. The van der Waals surface area contributed by atoms with Crippen molar-refractivity contribution in [1.82, 2.24) is 9.97 Å². The molecule has 0 unspecified atom stereocenters. The van der Waals surface area contributed by atoms with Gasteiger partial charge in [-0.25, -0.2) is 4.98 Å². The third kappa shape index (κ3) is 4.42. The number of aromatic nitrogens is 2. The Labute approximate surface area is 164 Å². The van der Waals surface area contributed by atoms with Crippen LogP contribution in [0.4, 0.5) is 42.0 Å². The number of alkyl halides is 3. The molecule has 29 heavy (non-hydrogen) atoms. The van der Waals surface area contributed by atoms with E-state index >= 15 is 0 Å². The van der Waals surface area contributed by atoms with Gasteiger partial charge in [-0.3, -0.25) is 10.1 Å². The van der Waals surface area contributed by atoms with Crippen LogP contribution in [-0.4, -0.2) is 21.9 Å². The number of anilines is 4. The number of hydrogen-bond acceptors (Lipinski definition) is 6. The van der Waals surface area contributed by atoms with E-state index in [4.69, 9.17) is 0 Å². The second kappa shape index (κ2) is 7.74. The van der Waals surface area contributed by atoms with Crippen molar-refractivity contribution in [2.75, 3.05) is 17.3 Å². The molecule has 0 fully saturated rings. The first kappa shape index (κ1) is 20.1. The van der Waals surface area contributed by atoms with Crippen molar-refractivity contribution in [3.05, 3.63) is 76.0 Å². The molecule has 10 heteroatoms. The normalized spacial score (nSPS) is 11.2. The Bertz CT molecular complexity index is 1040. The zero-order chi connectivity index (χ0) is 21.2. The van der Waals surface area contributed by atoms with Gasteiger partial charge in [0, 0.05) is 36.8 Å². The molecular formula is C19H16F3N5O2. The summed E-state index contributed by atoms with van der Waals surface area (Å²) in [5.41, 5.74) is 0.660. The number of aryl methyl sites for hydroxylation is 1. The largest absolute Gasteiger partial charge is 0.421 e. The first-order valence-corrected chi connectivity index (χ1v) is 8.42. The van der Waals surface area contributed by atoms with Crippen LogP contribution in [-0.2, 0) is 6.18 Å². The Morgan fingerprint density at radius 1 is 1.10 bits per heavy atom. The van der Waals surface area contributed by atoms with Crippen LogP contribution in [0.25, 0.3) is 0 Å². The van der Waals surface area contributed by atoms with Gasteiger partial charge < -0.3 is 10.2 Å². The van der Waals surface area contributed by atoms with Gasteiger partial charge in [0.2, 0.25) is 5.95 Å². The van der Waals surface area contributed by atoms with E-state index in [1.165, 1.54) is 24.3 Å². The monoisotopic (exact) mass is 403 g/mol. The van der Waals surface area contributed by atoms with Crippen molar-refractivity contribution in [2.45, 2.75) is 13.1 Å². The van der Waals surface area contributed by atoms with Gasteiger partial charge in [0.05, 0.1) is 4.92 Å². The zero-order valence-corrected chi connectivity index (χ0v) is 15.4. The molecule has 3 rings (SSSR count). The van der Waals surface area contributed by atoms with E-state index in [0.29, 0.717) is 6.20 Å². The Hall–Kier alpha value is -3.69. The maximum absolute atomic E-state index is 13.4. The lowest BCUT2D eigenvalue weighted by atomic mass is 10.2. The highest BCUT2D eigenvalue weighted by atomic mass is 19.4. The minimum Gasteiger partial charge on any atom is -0.340 e. The van der Waals surface area contributed by atoms with Gasteiger partial charge in [-0.2, -0.15) is 18.2 Å². The van der Waals surface area contributed by atoms with Crippen LogP contribution in [0.3, 0.4) is 0 Å². The maximum atomic E-state index is 13.4. The van der Waals surface area contributed by atoms with Crippen molar-refractivity contribution in [3.8, 4) is 0 Å². The van der Waals surface area contributed by atoms with Crippen molar-refractivity contribution < 1.29 is 18.1 Å². The van der Waals surface area contributed by atoms with E-state index < -0.39 is 22.5 Å². The summed E-state index contributed by atoms with van der Waals surface area (Å²) in [4.78, 5) is 19.7. The Morgan fingerprint density at radius 3 is 2.34 bits per heavy atom. The lowest BCUT2D eigenvalue weighted by Gasteiger charge is -2.21. The van der Waals surface area contributed by atoms with Crippen LogP contribution in [0, 0.1) is 17.0 Å². The topological polar surface area (TPSA) is 84.2 Å². The number of non-ortho nitro benzene ring substituents is 1. The minimum absolute atomic E-state index is 0.0664. The van der Waals surface area contributed by atoms with Gasteiger partial charge in [-0.1, -0.05) is 18.2 Å². The van der Waals surface area contributed by atoms with Gasteiger partial charge in [0.15, 0.2) is 0 Å². The summed E-state index contributed by atoms with van der Waals surface area (Å²) >= 11 is 0. The predicted octanol–water partition coefficient (Wildman–Crippen LogP) is 5.22. The molecule has 0 radical (unpaired) electrons. The van der Waals surface area contributed by atoms with Gasteiger partial charge >= 0.3 is 6.18 Å². The minimum atomic E-state index is -4.68. The second-order valence-electron chi connectivity index (χ2n) is 6.20. The number of halogens is 3. The summed E-state index contributed by atoms with van der Waals surface area (Å²) in [6, 6.07) is 12.3. The number of nitrogens with one attached hydrogen (secondary N) is 1. The summed E-state index contributed by atoms with van der Waals surface area (Å²) in [7, 11) is 1.65. The number of hydrogen-bond donors (Lipinski definition) is 1. The third-order valence-electron chi connectivity index (χ3n) is 4.20. The first-order chi connectivity index (χ1) is 13.7. The number of nitrogens with zero attached hydrogens (tertiary/aromatic N) is 4. The molecule has 0 atom stereocenters. The molecule has 150 valence electrons. The molecule has 0 aliphatic heterocycles. The molecule has 3 aromatic rings. The number of nitro groups is 1. The molecule has 1 heterocycles. The lowest BCUT2D eigenvalue weighted by molar-refractivity contribution is -0.384. The van der Waals surface area contributed by atoms with Gasteiger partial charge in [-0.05, 0) is 30.7 Å². The molecular weight excluding hydrogens is 387 g/mol. The molecule has 0 bridgehead atoms. The van der Waals surface area contributed by atoms with E-state index in [0.717, 1.165) is 11.3 Å². The molecule has 0 amide bonds. The quantitative estimate of drug-likeness (QED) is 0.464. The highest BCUT2D eigenvalue weighted by Gasteiger charge is 2.35. The van der Waals surface area contributed by atoms with Crippen LogP contribution < -0.4 is 10.2 Å². The number of para-hydroxylation sites is 1. The highest BCUT2D eigenvalue weighted by molar-refractivity contribution is 5.65. The zero-order valence-electron chi connectivity index (χ0n) is 15.4. The van der Waals surface area contributed by atoms with E-state index in [1.54, 1.807) is 24.1 Å². The fourth-order valence-corrected chi connectivity index (χ4v) is 2.69. The van der Waals surface area contributed by atoms with E-state index in [9.17, 15) is 23.3 Å². The van der Waals surface area contributed by atoms with Crippen LogP contribution in [0.2, 0.25) is 0 Å². The van der Waals surface area contributed by atoms with Crippen LogP contribution in [0.1, 0.15) is 11.1 Å². The Balaban J connectivity index is 2.00. The summed E-state index contributed by atoms with van der Waals surface area (Å²) in [5, 5.41) is 13.3. The fourth-order valence-electron chi connectivity index (χ4n) is 2.69. The molecule has 1 N–H and O–H groups in total. The van der Waals surface area contributed by atoms with E-state index in [2.05, 4.69) is 15.3 Å². The summed E-state index contributed by atoms with van der Waals surface area (Å²) in [6.07, 6.45) is -3.96. The summed E-state index contributed by atoms with van der Waals surface area (Å²) in [6.45, 7) is 1.87. The molecule has 2 aromatic carbocycles. The number of benzene rings is 2. The van der Waals surface area contributed by atoms with Crippen molar-refractivity contribution in [2.24, 2.45) is 0 Å². The van der Waals surface area contributed by atoms with Gasteiger partial charge in [0.25, 0.3) is 5.69 Å². The van der Waals surface area contributed by atoms with Crippen molar-refractivity contribution >= 4 is 28.8 Å². The summed E-state index contributed by atoms with van der Waals surface area (Å²) in [5.74, 6) is -0.381. The molecule has 1 aromatic heterocycles. The smallest absolute Gasteiger partial charge is 0.340 e. The fraction of sp³-hybridized carbons (Fsp3) is 0.158. The maximum Gasteiger partial charge on any atom is 0.421 e. The lowest BCUT2D eigenvalue weighted by Crippen LogP contribution is -2.18. The molecule has 0 spiro atoms. The Morgan fingerprint density at radius 2 is 1.76 bits per heavy atom. The van der Waals surface area contributed by atoms with Crippen LogP contribution in [0.5, 0.6) is 0 Å². The SMILES string of the molecule is Cc1ccccc1N(C)c1ncc(C(F)(F)F)c(Nc2ccc([N+](=O)[O-])cc2)n1. The van der Waals surface area contributed by atoms with Crippen LogP contribution >= 0.6 is 0 Å². The van der Waals surface area contributed by atoms with Crippen molar-refractivity contribution in [1.29, 1.82) is 0 Å². The van der Waals surface area contributed by atoms with Gasteiger partial charge in [-0.15, -0.1) is 0 Å². The molecule has 0 saturated carbocycles. The van der Waals surface area contributed by atoms with Crippen molar-refractivity contribution in [3.63, 3.8) is 0 Å².